The molecule has 4 amide bonds. The highest BCUT2D eigenvalue weighted by Gasteiger charge is 2.47. The molecule has 2 heterocycles. The fourth-order valence-corrected chi connectivity index (χ4v) is 4.08. The molecule has 0 aliphatic carbocycles. The van der Waals surface area contributed by atoms with Crippen LogP contribution in [0.2, 0.25) is 0 Å². The van der Waals surface area contributed by atoms with Gasteiger partial charge in [-0.3, -0.25) is 15.0 Å². The number of hydrogen-bond donors (Lipinski definition) is 2. The molecule has 2 N–H and O–H groups in total. The first-order chi connectivity index (χ1) is 16.7. The van der Waals surface area contributed by atoms with Crippen LogP contribution in [0.5, 0.6) is 0 Å². The maximum atomic E-state index is 12.5. The molecule has 10 heteroatoms. The van der Waals surface area contributed by atoms with Gasteiger partial charge >= 0.3 is 6.03 Å². The van der Waals surface area contributed by atoms with E-state index >= 15 is 0 Å². The Morgan fingerprint density at radius 1 is 0.971 bits per heavy atom. The molecule has 0 spiro atoms. The number of thioether (sulfide) groups is 1. The predicted molar refractivity (Wildman–Crippen MR) is 133 cm³/mol. The van der Waals surface area contributed by atoms with Crippen molar-refractivity contribution in [3.05, 3.63) is 59.7 Å². The standard InChI is InChI=1S/C25H26N6O3S/c1-5-25(4)22(33)31(24(34)27-25)30-19(32)14-35-23-26-20(17-10-6-15(2)7-11-17)21(28-29-23)18-12-8-16(3)9-13-18/h6-13H,5,14H2,1-4H3,(H,27,34)(H,30,32)/t25-/m1/s1. The van der Waals surface area contributed by atoms with Gasteiger partial charge in [0.15, 0.2) is 0 Å². The smallest absolute Gasteiger partial charge is 0.322 e. The lowest BCUT2D eigenvalue weighted by molar-refractivity contribution is -0.137. The molecule has 1 fully saturated rings. The van der Waals surface area contributed by atoms with Crippen molar-refractivity contribution in [2.45, 2.75) is 44.8 Å². The van der Waals surface area contributed by atoms with Crippen molar-refractivity contribution in [2.24, 2.45) is 0 Å². The van der Waals surface area contributed by atoms with Crippen LogP contribution in [0.4, 0.5) is 4.79 Å². The first kappa shape index (κ1) is 24.3. The normalized spacial score (nSPS) is 17.4. The van der Waals surface area contributed by atoms with E-state index in [2.05, 4.69) is 20.9 Å². The van der Waals surface area contributed by atoms with Crippen LogP contribution in [-0.2, 0) is 9.59 Å². The molecule has 1 aromatic heterocycles. The third kappa shape index (κ3) is 5.17. The molecule has 180 valence electrons. The van der Waals surface area contributed by atoms with Crippen LogP contribution in [0.15, 0.2) is 53.7 Å². The fraction of sp³-hybridized carbons (Fsp3) is 0.280. The zero-order valence-corrected chi connectivity index (χ0v) is 20.8. The molecule has 35 heavy (non-hydrogen) atoms. The molecule has 9 nitrogen and oxygen atoms in total. The van der Waals surface area contributed by atoms with Crippen LogP contribution in [0.1, 0.15) is 31.4 Å². The van der Waals surface area contributed by atoms with Crippen LogP contribution in [-0.4, -0.2) is 49.3 Å². The molecule has 0 unspecified atom stereocenters. The minimum Gasteiger partial charge on any atom is -0.322 e. The largest absolute Gasteiger partial charge is 0.344 e. The number of nitrogens with zero attached hydrogens (tertiary/aromatic N) is 4. The quantitative estimate of drug-likeness (QED) is 0.383. The molecular weight excluding hydrogens is 464 g/mol. The third-order valence-corrected chi connectivity index (χ3v) is 6.69. The number of hydrazine groups is 1. The van der Waals surface area contributed by atoms with Crippen LogP contribution in [0.25, 0.3) is 22.5 Å². The number of imide groups is 1. The second kappa shape index (κ2) is 9.83. The molecule has 1 saturated heterocycles. The van der Waals surface area contributed by atoms with Crippen LogP contribution in [0.3, 0.4) is 0 Å². The zero-order valence-electron chi connectivity index (χ0n) is 20.0. The summed E-state index contributed by atoms with van der Waals surface area (Å²) < 4.78 is 0. The van der Waals surface area contributed by atoms with Crippen molar-refractivity contribution in [3.8, 4) is 22.5 Å². The summed E-state index contributed by atoms with van der Waals surface area (Å²) in [4.78, 5) is 41.8. The molecule has 4 rings (SSSR count). The van der Waals surface area contributed by atoms with E-state index in [0.717, 1.165) is 39.0 Å². The molecule has 1 aliphatic rings. The second-order valence-electron chi connectivity index (χ2n) is 8.60. The summed E-state index contributed by atoms with van der Waals surface area (Å²) in [6, 6.07) is 15.2. The SMILES string of the molecule is CC[C@@]1(C)NC(=O)N(NC(=O)CSc2nnc(-c3ccc(C)cc3)c(-c3ccc(C)cc3)n2)C1=O. The zero-order chi connectivity index (χ0) is 25.2. The highest BCUT2D eigenvalue weighted by Crippen LogP contribution is 2.30. The Labute approximate surface area is 207 Å². The Morgan fingerprint density at radius 3 is 2.09 bits per heavy atom. The average Bonchev–Trinajstić information content (AvgIpc) is 3.07. The predicted octanol–water partition coefficient (Wildman–Crippen LogP) is 3.67. The number of nitrogens with one attached hydrogen (secondary N) is 2. The van der Waals surface area contributed by atoms with E-state index in [1.54, 1.807) is 13.8 Å². The van der Waals surface area contributed by atoms with Gasteiger partial charge in [-0.25, -0.2) is 9.78 Å². The monoisotopic (exact) mass is 490 g/mol. The summed E-state index contributed by atoms with van der Waals surface area (Å²) in [5, 5.41) is 12.3. The third-order valence-electron chi connectivity index (χ3n) is 5.85. The van der Waals surface area contributed by atoms with Gasteiger partial charge in [0, 0.05) is 11.1 Å². The lowest BCUT2D eigenvalue weighted by Crippen LogP contribution is -2.49. The van der Waals surface area contributed by atoms with Crippen molar-refractivity contribution in [1.82, 2.24) is 30.9 Å². The van der Waals surface area contributed by atoms with Gasteiger partial charge in [0.05, 0.1) is 5.75 Å². The molecule has 0 radical (unpaired) electrons. The van der Waals surface area contributed by atoms with Gasteiger partial charge in [-0.2, -0.15) is 5.01 Å². The number of aryl methyl sites for hydroxylation is 2. The molecule has 0 saturated carbocycles. The number of aromatic nitrogens is 3. The van der Waals surface area contributed by atoms with E-state index in [4.69, 9.17) is 4.98 Å². The van der Waals surface area contributed by atoms with E-state index in [0.29, 0.717) is 23.0 Å². The minimum absolute atomic E-state index is 0.0984. The first-order valence-corrected chi connectivity index (χ1v) is 12.2. The van der Waals surface area contributed by atoms with Gasteiger partial charge in [0.1, 0.15) is 16.9 Å². The van der Waals surface area contributed by atoms with Crippen molar-refractivity contribution >= 4 is 29.6 Å². The second-order valence-corrected chi connectivity index (χ2v) is 9.55. The van der Waals surface area contributed by atoms with Gasteiger partial charge in [0.25, 0.3) is 5.91 Å². The number of hydrogen-bond acceptors (Lipinski definition) is 7. The van der Waals surface area contributed by atoms with Gasteiger partial charge in [-0.05, 0) is 27.2 Å². The number of carbonyl (C=O) groups excluding carboxylic acids is 3. The maximum Gasteiger partial charge on any atom is 0.344 e. The number of urea groups is 1. The van der Waals surface area contributed by atoms with E-state index in [9.17, 15) is 14.4 Å². The van der Waals surface area contributed by atoms with E-state index in [1.165, 1.54) is 0 Å². The van der Waals surface area contributed by atoms with E-state index in [-0.39, 0.29) is 5.75 Å². The topological polar surface area (TPSA) is 117 Å². The highest BCUT2D eigenvalue weighted by atomic mass is 32.2. The number of carbonyl (C=O) groups is 3. The average molecular weight is 491 g/mol. The van der Waals surface area contributed by atoms with Gasteiger partial charge in [-0.1, -0.05) is 78.3 Å². The van der Waals surface area contributed by atoms with Crippen molar-refractivity contribution in [1.29, 1.82) is 0 Å². The molecule has 1 atom stereocenters. The Bertz CT molecular complexity index is 1280. The van der Waals surface area contributed by atoms with Crippen LogP contribution < -0.4 is 10.7 Å². The fourth-order valence-electron chi connectivity index (χ4n) is 3.50. The summed E-state index contributed by atoms with van der Waals surface area (Å²) in [6.45, 7) is 7.43. The van der Waals surface area contributed by atoms with Gasteiger partial charge < -0.3 is 5.32 Å². The van der Waals surface area contributed by atoms with Crippen molar-refractivity contribution in [2.75, 3.05) is 5.75 Å². The van der Waals surface area contributed by atoms with Crippen molar-refractivity contribution in [3.63, 3.8) is 0 Å². The van der Waals surface area contributed by atoms with E-state index in [1.807, 2.05) is 62.4 Å². The molecule has 3 aromatic rings. The Balaban J connectivity index is 1.53. The van der Waals surface area contributed by atoms with Crippen LogP contribution >= 0.6 is 11.8 Å². The summed E-state index contributed by atoms with van der Waals surface area (Å²) >= 11 is 1.07. The lowest BCUT2D eigenvalue weighted by Gasteiger charge is -2.19. The molecule has 2 aromatic carbocycles. The lowest BCUT2D eigenvalue weighted by atomic mass is 10.00. The number of benzene rings is 2. The summed E-state index contributed by atoms with van der Waals surface area (Å²) in [7, 11) is 0. The minimum atomic E-state index is -1.03. The van der Waals surface area contributed by atoms with Crippen LogP contribution in [0, 0.1) is 13.8 Å². The molecule has 0 bridgehead atoms. The summed E-state index contributed by atoms with van der Waals surface area (Å²) in [5.74, 6) is -1.12. The molecule has 1 aliphatic heterocycles. The Morgan fingerprint density at radius 2 is 1.54 bits per heavy atom. The number of rotatable bonds is 7. The Kier molecular flexibility index (Phi) is 6.83. The van der Waals surface area contributed by atoms with Gasteiger partial charge in [0.2, 0.25) is 11.1 Å². The summed E-state index contributed by atoms with van der Waals surface area (Å²) in [6.07, 6.45) is 0.410. The number of amides is 4. The summed E-state index contributed by atoms with van der Waals surface area (Å²) in [5.41, 5.74) is 6.66. The van der Waals surface area contributed by atoms with E-state index < -0.39 is 23.4 Å². The maximum absolute atomic E-state index is 12.5. The van der Waals surface area contributed by atoms with Crippen molar-refractivity contribution < 1.29 is 14.4 Å². The molecular formula is C25H26N6O3S. The first-order valence-electron chi connectivity index (χ1n) is 11.2. The Hall–Kier alpha value is -3.79. The highest BCUT2D eigenvalue weighted by molar-refractivity contribution is 7.99. The van der Waals surface area contributed by atoms with Gasteiger partial charge in [-0.15, -0.1) is 10.2 Å².